The SMILES string of the molecule is CC/C=C\C/C=C\C/C=C\C/C=C\C/C=C\C/C=C\CCC(=O)OCC(COC1OC(C(=O)O)C(O)C(O)C1OC(=O)CCCCCCC/C=C\C/C=C\CCCCC)OC(=O)CCCCCCCC/C=C\C/C=C\C/C=C\C/C=C\CC. The van der Waals surface area contributed by atoms with Crippen LogP contribution in [0.1, 0.15) is 226 Å². The minimum atomic E-state index is -1.93. The van der Waals surface area contributed by atoms with E-state index in [-0.39, 0.29) is 25.9 Å². The van der Waals surface area contributed by atoms with Crippen molar-refractivity contribution in [3.05, 3.63) is 146 Å². The van der Waals surface area contributed by atoms with Gasteiger partial charge < -0.3 is 39.0 Å². The summed E-state index contributed by atoms with van der Waals surface area (Å²) in [4.78, 5) is 51.3. The van der Waals surface area contributed by atoms with E-state index in [9.17, 15) is 34.5 Å². The maximum atomic E-state index is 13.2. The summed E-state index contributed by atoms with van der Waals surface area (Å²) in [5, 5.41) is 31.6. The van der Waals surface area contributed by atoms with Gasteiger partial charge in [0.2, 0.25) is 0 Å². The summed E-state index contributed by atoms with van der Waals surface area (Å²) in [6.45, 7) is 5.65. The Morgan fingerprint density at radius 1 is 0.410 bits per heavy atom. The van der Waals surface area contributed by atoms with Gasteiger partial charge in [0.25, 0.3) is 0 Å². The van der Waals surface area contributed by atoms with Crippen LogP contribution in [-0.4, -0.2) is 89.2 Å². The number of carboxylic acid groups (broad SMARTS) is 1. The Morgan fingerprint density at radius 2 is 0.783 bits per heavy atom. The van der Waals surface area contributed by atoms with Crippen molar-refractivity contribution in [2.45, 2.75) is 263 Å². The van der Waals surface area contributed by atoms with Crippen molar-refractivity contribution in [1.29, 1.82) is 0 Å². The van der Waals surface area contributed by atoms with Crippen molar-refractivity contribution in [3.63, 3.8) is 0 Å². The molecule has 0 aromatic rings. The average Bonchev–Trinajstić information content (AvgIpc) is 3.58. The molecule has 12 nitrogen and oxygen atoms in total. The largest absolute Gasteiger partial charge is 0.479 e. The van der Waals surface area contributed by atoms with E-state index in [2.05, 4.69) is 154 Å². The molecule has 0 spiro atoms. The van der Waals surface area contributed by atoms with Crippen molar-refractivity contribution in [2.24, 2.45) is 0 Å². The summed E-state index contributed by atoms with van der Waals surface area (Å²) in [5.74, 6) is -3.29. The molecule has 0 amide bonds. The van der Waals surface area contributed by atoms with Crippen molar-refractivity contribution < 1.29 is 58.2 Å². The van der Waals surface area contributed by atoms with Gasteiger partial charge in [0.05, 0.1) is 6.61 Å². The molecule has 466 valence electrons. The number of aliphatic carboxylic acids is 1. The van der Waals surface area contributed by atoms with Gasteiger partial charge in [-0.05, 0) is 128 Å². The van der Waals surface area contributed by atoms with Gasteiger partial charge >= 0.3 is 23.9 Å². The Labute approximate surface area is 502 Å². The second-order valence-corrected chi connectivity index (χ2v) is 20.9. The van der Waals surface area contributed by atoms with E-state index in [4.69, 9.17) is 23.7 Å². The number of hydrogen-bond donors (Lipinski definition) is 3. The third-order valence-corrected chi connectivity index (χ3v) is 13.4. The van der Waals surface area contributed by atoms with Gasteiger partial charge in [0, 0.05) is 19.3 Å². The molecule has 0 bridgehead atoms. The molecule has 0 saturated carbocycles. The number of aliphatic hydroxyl groups excluding tert-OH is 2. The molecule has 3 N–H and O–H groups in total. The molecule has 6 unspecified atom stereocenters. The normalized spacial score (nSPS) is 18.6. The van der Waals surface area contributed by atoms with Gasteiger partial charge in [-0.3, -0.25) is 14.4 Å². The van der Waals surface area contributed by atoms with Gasteiger partial charge in [-0.1, -0.05) is 224 Å². The first-order valence-corrected chi connectivity index (χ1v) is 31.8. The summed E-state index contributed by atoms with van der Waals surface area (Å²) in [5.41, 5.74) is 0. The molecule has 1 rings (SSSR count). The highest BCUT2D eigenvalue weighted by atomic mass is 16.7. The highest BCUT2D eigenvalue weighted by molar-refractivity contribution is 5.74. The molecule has 1 aliphatic heterocycles. The van der Waals surface area contributed by atoms with Crippen LogP contribution < -0.4 is 0 Å². The van der Waals surface area contributed by atoms with Gasteiger partial charge in [-0.25, -0.2) is 4.79 Å². The van der Waals surface area contributed by atoms with E-state index < -0.39 is 67.3 Å². The molecule has 0 aromatic carbocycles. The van der Waals surface area contributed by atoms with Crippen molar-refractivity contribution in [2.75, 3.05) is 13.2 Å². The number of allylic oxidation sites excluding steroid dienone is 24. The fraction of sp³-hybridized carbons (Fsp3) is 0.606. The third-order valence-electron chi connectivity index (χ3n) is 13.4. The number of aliphatic hydroxyl groups is 2. The number of ether oxygens (including phenoxy) is 5. The molecule has 6 atom stereocenters. The highest BCUT2D eigenvalue weighted by Crippen LogP contribution is 2.26. The lowest BCUT2D eigenvalue weighted by Gasteiger charge is -2.40. The predicted molar refractivity (Wildman–Crippen MR) is 339 cm³/mol. The Morgan fingerprint density at radius 3 is 1.20 bits per heavy atom. The smallest absolute Gasteiger partial charge is 0.335 e. The lowest BCUT2D eigenvalue weighted by molar-refractivity contribution is -0.301. The summed E-state index contributed by atoms with van der Waals surface area (Å²) < 4.78 is 28.4. The van der Waals surface area contributed by atoms with Gasteiger partial charge in [0.15, 0.2) is 24.6 Å². The fourth-order valence-electron chi connectivity index (χ4n) is 8.59. The Hall–Kier alpha value is -5.40. The average molecular weight is 1160 g/mol. The zero-order chi connectivity index (χ0) is 60.3. The number of esters is 3. The van der Waals surface area contributed by atoms with Crippen LogP contribution in [-0.2, 0) is 42.9 Å². The Kier molecular flexibility index (Phi) is 52.0. The Bertz CT molecular complexity index is 2000. The van der Waals surface area contributed by atoms with Crippen LogP contribution in [0.3, 0.4) is 0 Å². The van der Waals surface area contributed by atoms with E-state index in [0.717, 1.165) is 148 Å². The first kappa shape index (κ1) is 75.6. The monoisotopic (exact) mass is 1150 g/mol. The topological polar surface area (TPSA) is 175 Å². The quantitative estimate of drug-likeness (QED) is 0.0228. The molecule has 12 heteroatoms. The Balaban J connectivity index is 2.75. The molecule has 1 saturated heterocycles. The second kappa shape index (κ2) is 57.1. The summed E-state index contributed by atoms with van der Waals surface area (Å²) >= 11 is 0. The molecule has 83 heavy (non-hydrogen) atoms. The lowest BCUT2D eigenvalue weighted by atomic mass is 9.98. The zero-order valence-electron chi connectivity index (χ0n) is 51.4. The first-order chi connectivity index (χ1) is 40.6. The number of unbranched alkanes of at least 4 members (excludes halogenated alkanes) is 14. The van der Waals surface area contributed by atoms with E-state index in [1.54, 1.807) is 0 Å². The van der Waals surface area contributed by atoms with Crippen LogP contribution in [0.4, 0.5) is 0 Å². The molecule has 1 fully saturated rings. The minimum absolute atomic E-state index is 0.0275. The van der Waals surface area contributed by atoms with Crippen LogP contribution in [0.2, 0.25) is 0 Å². The number of carboxylic acids is 1. The van der Waals surface area contributed by atoms with Crippen LogP contribution in [0.5, 0.6) is 0 Å². The summed E-state index contributed by atoms with van der Waals surface area (Å²) in [7, 11) is 0. The number of carbonyl (C=O) groups is 4. The first-order valence-electron chi connectivity index (χ1n) is 31.8. The van der Waals surface area contributed by atoms with E-state index in [1.165, 1.54) is 19.3 Å². The lowest BCUT2D eigenvalue weighted by Crippen LogP contribution is -2.61. The molecular formula is C71H110O12. The minimum Gasteiger partial charge on any atom is -0.479 e. The molecule has 0 radical (unpaired) electrons. The van der Waals surface area contributed by atoms with Crippen LogP contribution in [0, 0.1) is 0 Å². The molecule has 0 aromatic heterocycles. The van der Waals surface area contributed by atoms with E-state index in [0.29, 0.717) is 19.3 Å². The van der Waals surface area contributed by atoms with E-state index >= 15 is 0 Å². The van der Waals surface area contributed by atoms with Gasteiger partial charge in [-0.15, -0.1) is 0 Å². The maximum Gasteiger partial charge on any atom is 0.335 e. The van der Waals surface area contributed by atoms with Crippen LogP contribution in [0.15, 0.2) is 146 Å². The number of carbonyl (C=O) groups excluding carboxylic acids is 3. The second-order valence-electron chi connectivity index (χ2n) is 20.9. The van der Waals surface area contributed by atoms with Gasteiger partial charge in [0.1, 0.15) is 18.8 Å². The summed E-state index contributed by atoms with van der Waals surface area (Å²) in [6.07, 6.45) is 69.6. The third kappa shape index (κ3) is 46.6. The highest BCUT2D eigenvalue weighted by Gasteiger charge is 2.50. The number of rotatable bonds is 52. The van der Waals surface area contributed by atoms with Crippen molar-refractivity contribution >= 4 is 23.9 Å². The van der Waals surface area contributed by atoms with Gasteiger partial charge in [-0.2, -0.15) is 0 Å². The predicted octanol–water partition coefficient (Wildman–Crippen LogP) is 17.1. The van der Waals surface area contributed by atoms with Crippen LogP contribution in [0.25, 0.3) is 0 Å². The molecule has 1 aliphatic rings. The van der Waals surface area contributed by atoms with Crippen LogP contribution >= 0.6 is 0 Å². The molecule has 0 aliphatic carbocycles. The maximum absolute atomic E-state index is 13.2. The zero-order valence-corrected chi connectivity index (χ0v) is 51.4. The summed E-state index contributed by atoms with van der Waals surface area (Å²) in [6, 6.07) is 0. The fourth-order valence-corrected chi connectivity index (χ4v) is 8.59. The standard InChI is InChI=1S/C71H110O12/c1-4-7-10-13-16-19-22-25-28-30-32-34-37-39-42-45-48-51-54-57-63(72)79-60-62(81-64(73)58-55-52-49-46-43-41-38-35-33-31-29-26-23-20-17-14-11-8-5-2)61-80-71-69(67(76)66(75)68(83-71)70(77)78)82-65(74)59-56-53-50-47-44-40-36-27-24-21-18-15-12-9-6-3/h7-8,10-11,16-21,25-29,32-36,39,42,48,51,62,66-69,71,75-76H,4-6,9,12-15,22-24,30-31,37-38,40-41,43-47,49-50,52-61H2,1-3H3,(H,77,78)/b10-7-,11-8-,19-16-,20-17-,21-18-,28-25-,29-26-,34-32-,35-33-,36-27-,42-39-,51-48-. The molecular weight excluding hydrogens is 1040 g/mol. The van der Waals surface area contributed by atoms with Crippen molar-refractivity contribution in [1.82, 2.24) is 0 Å². The molecule has 1 heterocycles. The van der Waals surface area contributed by atoms with E-state index in [1.807, 2.05) is 12.2 Å². The number of hydrogen-bond acceptors (Lipinski definition) is 11. The van der Waals surface area contributed by atoms with Crippen molar-refractivity contribution in [3.8, 4) is 0 Å².